The third kappa shape index (κ3) is 2.32. The van der Waals surface area contributed by atoms with Gasteiger partial charge in [-0.05, 0) is 20.3 Å². The van der Waals surface area contributed by atoms with Gasteiger partial charge in [0.05, 0.1) is 17.8 Å². The summed E-state index contributed by atoms with van der Waals surface area (Å²) in [4.78, 5) is 18.6. The normalized spacial score (nSPS) is 22.5. The Morgan fingerprint density at radius 3 is 2.82 bits per heavy atom. The molecule has 1 aromatic rings. The number of nitrogens with zero attached hydrogens (tertiary/aromatic N) is 1. The van der Waals surface area contributed by atoms with Crippen LogP contribution in [0.1, 0.15) is 18.3 Å². The minimum atomic E-state index is -0.837. The van der Waals surface area contributed by atoms with Crippen LogP contribution in [0.5, 0.6) is 0 Å². The van der Waals surface area contributed by atoms with Gasteiger partial charge in [0.25, 0.3) is 5.56 Å². The maximum Gasteiger partial charge on any atom is 0.256 e. The van der Waals surface area contributed by atoms with Gasteiger partial charge in [0.15, 0.2) is 0 Å². The molecule has 17 heavy (non-hydrogen) atoms. The molecule has 1 aliphatic heterocycles. The first kappa shape index (κ1) is 12.1. The first-order chi connectivity index (χ1) is 7.99. The molecule has 0 aliphatic carbocycles. The van der Waals surface area contributed by atoms with Crippen molar-refractivity contribution in [2.75, 3.05) is 11.9 Å². The Morgan fingerprint density at radius 2 is 2.18 bits per heavy atom. The lowest BCUT2D eigenvalue weighted by Gasteiger charge is -2.29. The average Bonchev–Trinajstić information content (AvgIpc) is 2.27. The van der Waals surface area contributed by atoms with Gasteiger partial charge in [0.1, 0.15) is 11.6 Å². The Kier molecular flexibility index (Phi) is 3.17. The number of hydrogen-bond acceptors (Lipinski definition) is 5. The van der Waals surface area contributed by atoms with Crippen LogP contribution in [0.25, 0.3) is 0 Å². The molecule has 0 amide bonds. The topological polar surface area (TPSA) is 98.2 Å². The van der Waals surface area contributed by atoms with E-state index in [2.05, 4.69) is 15.3 Å². The van der Waals surface area contributed by atoms with Crippen molar-refractivity contribution in [2.24, 2.45) is 5.92 Å². The minimum absolute atomic E-state index is 0.173. The zero-order valence-electron chi connectivity index (χ0n) is 9.90. The zero-order chi connectivity index (χ0) is 12.6. The Bertz CT molecular complexity index is 470. The molecule has 0 bridgehead atoms. The van der Waals surface area contributed by atoms with Crippen LogP contribution in [-0.4, -0.2) is 38.9 Å². The van der Waals surface area contributed by atoms with Crippen LogP contribution in [0.2, 0.25) is 0 Å². The summed E-state index contributed by atoms with van der Waals surface area (Å²) < 4.78 is 0. The van der Waals surface area contributed by atoms with Gasteiger partial charge in [-0.1, -0.05) is 0 Å². The van der Waals surface area contributed by atoms with E-state index in [0.717, 1.165) is 0 Å². The number of hydrogen-bond donors (Lipinski definition) is 4. The zero-order valence-corrected chi connectivity index (χ0v) is 9.90. The second-order valence-electron chi connectivity index (χ2n) is 4.55. The predicted octanol–water partition coefficient (Wildman–Crippen LogP) is -0.596. The van der Waals surface area contributed by atoms with Crippen molar-refractivity contribution in [3.05, 3.63) is 21.7 Å². The van der Waals surface area contributed by atoms with Gasteiger partial charge >= 0.3 is 0 Å². The number of aromatic nitrogens is 2. The van der Waals surface area contributed by atoms with Crippen molar-refractivity contribution in [1.29, 1.82) is 0 Å². The summed E-state index contributed by atoms with van der Waals surface area (Å²) >= 11 is 0. The number of aryl methyl sites for hydroxylation is 1. The van der Waals surface area contributed by atoms with E-state index in [9.17, 15) is 15.0 Å². The van der Waals surface area contributed by atoms with Gasteiger partial charge in [-0.15, -0.1) is 0 Å². The molecule has 6 heteroatoms. The lowest BCUT2D eigenvalue weighted by molar-refractivity contribution is -0.00447. The molecule has 0 radical (unpaired) electrons. The number of aromatic amines is 1. The number of fused-ring (bicyclic) bond motifs is 1. The van der Waals surface area contributed by atoms with Crippen molar-refractivity contribution >= 4 is 5.82 Å². The molecule has 4 N–H and O–H groups in total. The smallest absolute Gasteiger partial charge is 0.256 e. The van der Waals surface area contributed by atoms with Gasteiger partial charge in [-0.25, -0.2) is 4.98 Å². The maximum absolute atomic E-state index is 11.7. The van der Waals surface area contributed by atoms with Crippen LogP contribution in [-0.2, 0) is 6.42 Å². The summed E-state index contributed by atoms with van der Waals surface area (Å²) in [6, 6.07) is 0. The molecular formula is C11H17N3O3. The van der Waals surface area contributed by atoms with E-state index in [1.807, 2.05) is 0 Å². The average molecular weight is 239 g/mol. The third-order valence-corrected chi connectivity index (χ3v) is 3.11. The van der Waals surface area contributed by atoms with Crippen molar-refractivity contribution in [1.82, 2.24) is 9.97 Å². The Labute approximate surface area is 98.7 Å². The molecule has 94 valence electrons. The van der Waals surface area contributed by atoms with Gasteiger partial charge in [0, 0.05) is 12.5 Å². The standard InChI is InChI=1S/C11H17N3O3/c1-5(15)9(16)7-3-8-10(12-4-7)13-6(2)14-11(8)17/h5,7,9,15-16H,3-4H2,1-2H3,(H2,12,13,14,17). The fourth-order valence-corrected chi connectivity index (χ4v) is 2.14. The van der Waals surface area contributed by atoms with Gasteiger partial charge in [-0.3, -0.25) is 4.79 Å². The molecule has 2 heterocycles. The summed E-state index contributed by atoms with van der Waals surface area (Å²) in [7, 11) is 0. The molecule has 6 nitrogen and oxygen atoms in total. The van der Waals surface area contributed by atoms with E-state index in [1.54, 1.807) is 6.92 Å². The molecule has 0 saturated carbocycles. The van der Waals surface area contributed by atoms with E-state index < -0.39 is 12.2 Å². The SMILES string of the molecule is Cc1nc2c(c(=O)[nH]1)CC(C(O)C(C)O)CN2. The van der Waals surface area contributed by atoms with Crippen LogP contribution in [0.3, 0.4) is 0 Å². The minimum Gasteiger partial charge on any atom is -0.391 e. The lowest BCUT2D eigenvalue weighted by atomic mass is 9.89. The van der Waals surface area contributed by atoms with Crippen molar-refractivity contribution in [3.63, 3.8) is 0 Å². The van der Waals surface area contributed by atoms with Gasteiger partial charge < -0.3 is 20.5 Å². The van der Waals surface area contributed by atoms with E-state index in [4.69, 9.17) is 0 Å². The first-order valence-electron chi connectivity index (χ1n) is 5.69. The molecule has 0 saturated heterocycles. The van der Waals surface area contributed by atoms with Gasteiger partial charge in [0.2, 0.25) is 0 Å². The van der Waals surface area contributed by atoms with Crippen molar-refractivity contribution in [2.45, 2.75) is 32.5 Å². The van der Waals surface area contributed by atoms with Gasteiger partial charge in [-0.2, -0.15) is 0 Å². The predicted molar refractivity (Wildman–Crippen MR) is 63.0 cm³/mol. The third-order valence-electron chi connectivity index (χ3n) is 3.11. The summed E-state index contributed by atoms with van der Waals surface area (Å²) in [6.07, 6.45) is -1.21. The maximum atomic E-state index is 11.7. The quantitative estimate of drug-likeness (QED) is 0.552. The lowest BCUT2D eigenvalue weighted by Crippen LogP contribution is -2.41. The number of nitrogens with one attached hydrogen (secondary N) is 2. The highest BCUT2D eigenvalue weighted by molar-refractivity contribution is 5.45. The highest BCUT2D eigenvalue weighted by Crippen LogP contribution is 2.22. The van der Waals surface area contributed by atoms with Crippen LogP contribution < -0.4 is 10.9 Å². The number of H-pyrrole nitrogens is 1. The molecule has 1 aliphatic rings. The Morgan fingerprint density at radius 1 is 1.47 bits per heavy atom. The second-order valence-corrected chi connectivity index (χ2v) is 4.55. The number of aliphatic hydroxyl groups excluding tert-OH is 2. The molecule has 2 rings (SSSR count). The molecule has 0 aromatic carbocycles. The highest BCUT2D eigenvalue weighted by atomic mass is 16.3. The Balaban J connectivity index is 2.27. The fraction of sp³-hybridized carbons (Fsp3) is 0.636. The number of aliphatic hydroxyl groups is 2. The van der Waals surface area contributed by atoms with E-state index in [0.29, 0.717) is 30.2 Å². The second kappa shape index (κ2) is 4.46. The number of rotatable bonds is 2. The van der Waals surface area contributed by atoms with Crippen LogP contribution >= 0.6 is 0 Å². The fourth-order valence-electron chi connectivity index (χ4n) is 2.14. The van der Waals surface area contributed by atoms with E-state index >= 15 is 0 Å². The number of anilines is 1. The van der Waals surface area contributed by atoms with Crippen LogP contribution in [0, 0.1) is 12.8 Å². The molecule has 0 spiro atoms. The first-order valence-corrected chi connectivity index (χ1v) is 5.69. The van der Waals surface area contributed by atoms with E-state index in [-0.39, 0.29) is 11.5 Å². The molecular weight excluding hydrogens is 222 g/mol. The molecule has 3 atom stereocenters. The summed E-state index contributed by atoms with van der Waals surface area (Å²) in [5, 5.41) is 22.2. The molecule has 1 aromatic heterocycles. The van der Waals surface area contributed by atoms with Crippen molar-refractivity contribution < 1.29 is 10.2 Å². The summed E-state index contributed by atoms with van der Waals surface area (Å²) in [5.41, 5.74) is 0.369. The summed E-state index contributed by atoms with van der Waals surface area (Å²) in [5.74, 6) is 0.976. The van der Waals surface area contributed by atoms with Crippen molar-refractivity contribution in [3.8, 4) is 0 Å². The largest absolute Gasteiger partial charge is 0.391 e. The van der Waals surface area contributed by atoms with Crippen LogP contribution in [0.4, 0.5) is 5.82 Å². The highest BCUT2D eigenvalue weighted by Gasteiger charge is 2.29. The monoisotopic (exact) mass is 239 g/mol. The summed E-state index contributed by atoms with van der Waals surface area (Å²) in [6.45, 7) is 3.77. The van der Waals surface area contributed by atoms with E-state index in [1.165, 1.54) is 6.92 Å². The Hall–Kier alpha value is -1.40. The molecule has 3 unspecified atom stereocenters. The van der Waals surface area contributed by atoms with Crippen LogP contribution in [0.15, 0.2) is 4.79 Å². The molecule has 0 fully saturated rings.